The van der Waals surface area contributed by atoms with Crippen LogP contribution in [0.2, 0.25) is 5.02 Å². The number of para-hydroxylation sites is 1. The molecule has 24 heavy (non-hydrogen) atoms. The summed E-state index contributed by atoms with van der Waals surface area (Å²) in [5.41, 5.74) is 1.64. The summed E-state index contributed by atoms with van der Waals surface area (Å²) in [4.78, 5) is 12.4. The SMILES string of the molecule is O=C(NCC(O)c1ccc(Cl)cc1)c1ccccc1-n1cnnn1. The molecule has 1 unspecified atom stereocenters. The van der Waals surface area contributed by atoms with E-state index in [9.17, 15) is 9.90 Å². The van der Waals surface area contributed by atoms with Gasteiger partial charge in [0, 0.05) is 11.6 Å². The standard InChI is InChI=1S/C16H14ClN5O2/c17-12-7-5-11(6-8-12)15(23)9-18-16(24)13-3-1-2-4-14(13)22-10-19-20-21-22/h1-8,10,15,23H,9H2,(H,18,24). The molecule has 7 nitrogen and oxygen atoms in total. The second-order valence-corrected chi connectivity index (χ2v) is 5.49. The summed E-state index contributed by atoms with van der Waals surface area (Å²) in [7, 11) is 0. The summed E-state index contributed by atoms with van der Waals surface area (Å²) in [5, 5.41) is 24.4. The van der Waals surface area contributed by atoms with Crippen LogP contribution in [0.3, 0.4) is 0 Å². The Morgan fingerprint density at radius 3 is 2.67 bits per heavy atom. The van der Waals surface area contributed by atoms with Crippen molar-refractivity contribution in [2.75, 3.05) is 6.54 Å². The number of nitrogens with one attached hydrogen (secondary N) is 1. The van der Waals surface area contributed by atoms with Gasteiger partial charge in [-0.2, -0.15) is 4.68 Å². The van der Waals surface area contributed by atoms with E-state index in [1.165, 1.54) is 11.0 Å². The van der Waals surface area contributed by atoms with Crippen molar-refractivity contribution >= 4 is 17.5 Å². The number of halogens is 1. The summed E-state index contributed by atoms with van der Waals surface area (Å²) in [6.45, 7) is 0.0738. The number of hydrogen-bond donors (Lipinski definition) is 2. The van der Waals surface area contributed by atoms with E-state index in [2.05, 4.69) is 20.8 Å². The van der Waals surface area contributed by atoms with Gasteiger partial charge in [0.1, 0.15) is 6.33 Å². The van der Waals surface area contributed by atoms with Crippen molar-refractivity contribution < 1.29 is 9.90 Å². The fraction of sp³-hybridized carbons (Fsp3) is 0.125. The van der Waals surface area contributed by atoms with Crippen molar-refractivity contribution in [1.29, 1.82) is 0 Å². The summed E-state index contributed by atoms with van der Waals surface area (Å²) in [6, 6.07) is 13.8. The van der Waals surface area contributed by atoms with Crippen LogP contribution in [-0.4, -0.2) is 37.8 Å². The van der Waals surface area contributed by atoms with Crippen molar-refractivity contribution in [3.05, 3.63) is 71.0 Å². The number of carbonyl (C=O) groups excluding carboxylic acids is 1. The third-order valence-electron chi connectivity index (χ3n) is 3.46. The highest BCUT2D eigenvalue weighted by molar-refractivity contribution is 6.30. The molecule has 1 amide bonds. The van der Waals surface area contributed by atoms with Gasteiger partial charge in [-0.25, -0.2) is 0 Å². The number of aliphatic hydroxyl groups is 1. The van der Waals surface area contributed by atoms with Crippen molar-refractivity contribution in [2.45, 2.75) is 6.10 Å². The molecule has 1 atom stereocenters. The molecular weight excluding hydrogens is 330 g/mol. The first-order valence-electron chi connectivity index (χ1n) is 7.19. The first kappa shape index (κ1) is 16.1. The quantitative estimate of drug-likeness (QED) is 0.736. The first-order valence-corrected chi connectivity index (χ1v) is 7.57. The van der Waals surface area contributed by atoms with Gasteiger partial charge in [0.05, 0.1) is 17.4 Å². The summed E-state index contributed by atoms with van der Waals surface area (Å²) >= 11 is 5.82. The van der Waals surface area contributed by atoms with Crippen LogP contribution in [0.25, 0.3) is 5.69 Å². The van der Waals surface area contributed by atoms with Crippen molar-refractivity contribution in [2.24, 2.45) is 0 Å². The number of nitrogens with zero attached hydrogens (tertiary/aromatic N) is 4. The largest absolute Gasteiger partial charge is 0.387 e. The lowest BCUT2D eigenvalue weighted by Crippen LogP contribution is -2.29. The number of benzene rings is 2. The molecule has 0 saturated carbocycles. The maximum Gasteiger partial charge on any atom is 0.253 e. The van der Waals surface area contributed by atoms with Crippen LogP contribution in [-0.2, 0) is 0 Å². The molecule has 2 aromatic carbocycles. The zero-order chi connectivity index (χ0) is 16.9. The topological polar surface area (TPSA) is 92.9 Å². The van der Waals surface area contributed by atoms with E-state index >= 15 is 0 Å². The van der Waals surface area contributed by atoms with Gasteiger partial charge in [0.2, 0.25) is 0 Å². The van der Waals surface area contributed by atoms with Gasteiger partial charge in [-0.05, 0) is 40.3 Å². The number of rotatable bonds is 5. The Bertz CT molecular complexity index is 821. The molecule has 0 fully saturated rings. The lowest BCUT2D eigenvalue weighted by molar-refractivity contribution is 0.0916. The normalized spacial score (nSPS) is 11.9. The van der Waals surface area contributed by atoms with Crippen molar-refractivity contribution in [1.82, 2.24) is 25.5 Å². The molecule has 8 heteroatoms. The minimum absolute atomic E-state index is 0.0738. The number of tetrazole rings is 1. The minimum Gasteiger partial charge on any atom is -0.387 e. The van der Waals surface area contributed by atoms with Gasteiger partial charge in [-0.1, -0.05) is 35.9 Å². The van der Waals surface area contributed by atoms with Crippen LogP contribution in [0.1, 0.15) is 22.0 Å². The Kier molecular flexibility index (Phi) is 4.83. The van der Waals surface area contributed by atoms with Gasteiger partial charge in [0.25, 0.3) is 5.91 Å². The van der Waals surface area contributed by atoms with Crippen molar-refractivity contribution in [3.8, 4) is 5.69 Å². The molecule has 1 aromatic heterocycles. The summed E-state index contributed by atoms with van der Waals surface area (Å²) in [5.74, 6) is -0.325. The Hall–Kier alpha value is -2.77. The third kappa shape index (κ3) is 3.58. The van der Waals surface area contributed by atoms with Crippen LogP contribution >= 0.6 is 11.6 Å². The number of aliphatic hydroxyl groups excluding tert-OH is 1. The molecule has 0 saturated heterocycles. The predicted molar refractivity (Wildman–Crippen MR) is 87.9 cm³/mol. The molecule has 0 bridgehead atoms. The summed E-state index contributed by atoms with van der Waals surface area (Å²) < 4.78 is 1.41. The Morgan fingerprint density at radius 2 is 1.96 bits per heavy atom. The highest BCUT2D eigenvalue weighted by Crippen LogP contribution is 2.17. The molecule has 2 N–H and O–H groups in total. The zero-order valence-electron chi connectivity index (χ0n) is 12.5. The van der Waals surface area contributed by atoms with Gasteiger partial charge in [0.15, 0.2) is 0 Å². The average molecular weight is 344 g/mol. The predicted octanol–water partition coefficient (Wildman–Crippen LogP) is 1.78. The smallest absolute Gasteiger partial charge is 0.253 e. The second kappa shape index (κ2) is 7.20. The molecule has 1 heterocycles. The Balaban J connectivity index is 1.71. The van der Waals surface area contributed by atoms with E-state index in [0.717, 1.165) is 0 Å². The molecule has 0 spiro atoms. The van der Waals surface area contributed by atoms with E-state index in [-0.39, 0.29) is 12.5 Å². The van der Waals surface area contributed by atoms with Gasteiger partial charge in [-0.15, -0.1) is 5.10 Å². The van der Waals surface area contributed by atoms with Crippen LogP contribution in [0.5, 0.6) is 0 Å². The zero-order valence-corrected chi connectivity index (χ0v) is 13.3. The molecule has 0 aliphatic carbocycles. The minimum atomic E-state index is -0.827. The summed E-state index contributed by atoms with van der Waals surface area (Å²) in [6.07, 6.45) is 0.584. The Labute approximate surface area is 142 Å². The van der Waals surface area contributed by atoms with Crippen molar-refractivity contribution in [3.63, 3.8) is 0 Å². The van der Waals surface area contributed by atoms with Gasteiger partial charge < -0.3 is 10.4 Å². The molecule has 0 aliphatic heterocycles. The van der Waals surface area contributed by atoms with Crippen LogP contribution in [0.4, 0.5) is 0 Å². The molecule has 122 valence electrons. The lowest BCUT2D eigenvalue weighted by Gasteiger charge is -2.13. The maximum atomic E-state index is 12.4. The number of amides is 1. The van der Waals surface area contributed by atoms with Crippen LogP contribution in [0, 0.1) is 0 Å². The van der Waals surface area contributed by atoms with E-state index in [0.29, 0.717) is 21.8 Å². The molecule has 3 rings (SSSR count). The maximum absolute atomic E-state index is 12.4. The lowest BCUT2D eigenvalue weighted by atomic mass is 10.1. The van der Waals surface area contributed by atoms with Gasteiger partial charge >= 0.3 is 0 Å². The van der Waals surface area contributed by atoms with Crippen LogP contribution in [0.15, 0.2) is 54.9 Å². The van der Waals surface area contributed by atoms with E-state index in [1.807, 2.05) is 0 Å². The molecule has 0 aliphatic rings. The number of carbonyl (C=O) groups is 1. The average Bonchev–Trinajstić information content (AvgIpc) is 3.14. The van der Waals surface area contributed by atoms with Gasteiger partial charge in [-0.3, -0.25) is 4.79 Å². The number of hydrogen-bond acceptors (Lipinski definition) is 5. The van der Waals surface area contributed by atoms with E-state index in [4.69, 9.17) is 11.6 Å². The van der Waals surface area contributed by atoms with Crippen LogP contribution < -0.4 is 5.32 Å². The third-order valence-corrected chi connectivity index (χ3v) is 3.71. The molecular formula is C16H14ClN5O2. The first-order chi connectivity index (χ1) is 11.6. The monoisotopic (exact) mass is 343 g/mol. The number of aromatic nitrogens is 4. The Morgan fingerprint density at radius 1 is 1.21 bits per heavy atom. The van der Waals surface area contributed by atoms with E-state index < -0.39 is 6.10 Å². The highest BCUT2D eigenvalue weighted by Gasteiger charge is 2.15. The second-order valence-electron chi connectivity index (χ2n) is 5.05. The highest BCUT2D eigenvalue weighted by atomic mass is 35.5. The fourth-order valence-electron chi connectivity index (χ4n) is 2.22. The van der Waals surface area contributed by atoms with E-state index in [1.54, 1.807) is 48.5 Å². The molecule has 0 radical (unpaired) electrons. The fourth-order valence-corrected chi connectivity index (χ4v) is 2.35. The molecule has 3 aromatic rings.